The zero-order chi connectivity index (χ0) is 19.1. The molecule has 0 aliphatic carbocycles. The first-order chi connectivity index (χ1) is 13.1. The summed E-state index contributed by atoms with van der Waals surface area (Å²) in [7, 11) is 0. The lowest BCUT2D eigenvalue weighted by Gasteiger charge is -2.27. The van der Waals surface area contributed by atoms with Crippen LogP contribution >= 0.6 is 0 Å². The molecule has 0 N–H and O–H groups in total. The van der Waals surface area contributed by atoms with Gasteiger partial charge in [-0.1, -0.05) is 60.7 Å². The van der Waals surface area contributed by atoms with Crippen LogP contribution in [0.1, 0.15) is 23.6 Å². The van der Waals surface area contributed by atoms with Gasteiger partial charge in [0, 0.05) is 24.3 Å². The monoisotopic (exact) mass is 359 g/mol. The van der Waals surface area contributed by atoms with Gasteiger partial charge in [-0.25, -0.2) is 4.39 Å². The zero-order valence-electron chi connectivity index (χ0n) is 15.3. The molecular weight excluding hydrogens is 337 g/mol. The van der Waals surface area contributed by atoms with E-state index in [4.69, 9.17) is 0 Å². The number of ketones is 1. The molecule has 136 valence electrons. The van der Waals surface area contributed by atoms with Gasteiger partial charge in [0.15, 0.2) is 5.78 Å². The number of nitrogens with zero attached hydrogens (tertiary/aromatic N) is 1. The smallest absolute Gasteiger partial charge is 0.152 e. The highest BCUT2D eigenvalue weighted by Gasteiger charge is 2.13. The molecule has 0 fully saturated rings. The number of benzene rings is 3. The number of hydrogen-bond donors (Lipinski definition) is 0. The van der Waals surface area contributed by atoms with Crippen molar-refractivity contribution in [2.45, 2.75) is 20.0 Å². The van der Waals surface area contributed by atoms with Crippen molar-refractivity contribution in [2.24, 2.45) is 0 Å². The number of carbonyl (C=O) groups excluding carboxylic acids is 1. The van der Waals surface area contributed by atoms with Gasteiger partial charge in [0.1, 0.15) is 5.82 Å². The Balaban J connectivity index is 2.00. The van der Waals surface area contributed by atoms with E-state index in [1.807, 2.05) is 36.4 Å². The van der Waals surface area contributed by atoms with Crippen molar-refractivity contribution >= 4 is 17.5 Å². The molecule has 0 heterocycles. The topological polar surface area (TPSA) is 20.3 Å². The summed E-state index contributed by atoms with van der Waals surface area (Å²) in [5.74, 6) is -0.385. The fraction of sp³-hybridized carbons (Fsp3) is 0.125. The number of halogens is 1. The molecule has 0 unspecified atom stereocenters. The predicted octanol–water partition coefficient (Wildman–Crippen LogP) is 5.63. The Morgan fingerprint density at radius 1 is 0.889 bits per heavy atom. The molecule has 27 heavy (non-hydrogen) atoms. The maximum Gasteiger partial charge on any atom is 0.152 e. The van der Waals surface area contributed by atoms with Gasteiger partial charge in [0.25, 0.3) is 0 Å². The lowest BCUT2D eigenvalue weighted by atomic mass is 10.1. The molecule has 0 aliphatic rings. The number of hydrogen-bond acceptors (Lipinski definition) is 2. The van der Waals surface area contributed by atoms with E-state index in [1.165, 1.54) is 36.3 Å². The Hall–Kier alpha value is -3.20. The van der Waals surface area contributed by atoms with Crippen molar-refractivity contribution in [3.63, 3.8) is 0 Å². The van der Waals surface area contributed by atoms with E-state index in [-0.39, 0.29) is 11.6 Å². The van der Waals surface area contributed by atoms with Gasteiger partial charge in [-0.05, 0) is 48.4 Å². The van der Waals surface area contributed by atoms with E-state index < -0.39 is 0 Å². The Morgan fingerprint density at radius 2 is 1.44 bits per heavy atom. The van der Waals surface area contributed by atoms with Crippen LogP contribution in [-0.4, -0.2) is 5.78 Å². The molecule has 0 amide bonds. The molecule has 0 spiro atoms. The van der Waals surface area contributed by atoms with E-state index in [0.717, 1.165) is 5.69 Å². The molecule has 0 radical (unpaired) electrons. The van der Waals surface area contributed by atoms with Gasteiger partial charge in [-0.2, -0.15) is 0 Å². The van der Waals surface area contributed by atoms with Crippen LogP contribution in [0.2, 0.25) is 0 Å². The molecule has 3 aromatic carbocycles. The number of rotatable bonds is 7. The second-order valence-corrected chi connectivity index (χ2v) is 6.47. The average molecular weight is 359 g/mol. The van der Waals surface area contributed by atoms with Crippen LogP contribution in [0, 0.1) is 5.82 Å². The SMILES string of the molecule is CC(=O)/C=C/c1cc(F)ccc1N(Cc1ccccc1)Cc1ccccc1. The maximum absolute atomic E-state index is 13.9. The van der Waals surface area contributed by atoms with Crippen molar-refractivity contribution < 1.29 is 9.18 Å². The quantitative estimate of drug-likeness (QED) is 0.509. The van der Waals surface area contributed by atoms with Crippen LogP contribution in [0.4, 0.5) is 10.1 Å². The second-order valence-electron chi connectivity index (χ2n) is 6.47. The summed E-state index contributed by atoms with van der Waals surface area (Å²) in [5, 5.41) is 0. The lowest BCUT2D eigenvalue weighted by Crippen LogP contribution is -2.23. The average Bonchev–Trinajstić information content (AvgIpc) is 2.67. The highest BCUT2D eigenvalue weighted by atomic mass is 19.1. The molecule has 0 atom stereocenters. The molecule has 2 nitrogen and oxygen atoms in total. The number of allylic oxidation sites excluding steroid dienone is 1. The molecule has 3 heteroatoms. The standard InChI is InChI=1S/C24H22FNO/c1-19(27)12-13-22-16-23(25)14-15-24(22)26(17-20-8-4-2-5-9-20)18-21-10-6-3-7-11-21/h2-16H,17-18H2,1H3/b13-12+. The highest BCUT2D eigenvalue weighted by Crippen LogP contribution is 2.27. The van der Waals surface area contributed by atoms with Crippen LogP contribution in [0.15, 0.2) is 84.9 Å². The largest absolute Gasteiger partial charge is 0.362 e. The van der Waals surface area contributed by atoms with Crippen LogP contribution in [0.3, 0.4) is 0 Å². The van der Waals surface area contributed by atoms with Gasteiger partial charge >= 0.3 is 0 Å². The van der Waals surface area contributed by atoms with E-state index in [9.17, 15) is 9.18 Å². The van der Waals surface area contributed by atoms with E-state index in [0.29, 0.717) is 18.7 Å². The van der Waals surface area contributed by atoms with Gasteiger partial charge < -0.3 is 4.90 Å². The van der Waals surface area contributed by atoms with Crippen molar-refractivity contribution in [1.29, 1.82) is 0 Å². The normalized spacial score (nSPS) is 10.9. The fourth-order valence-corrected chi connectivity index (χ4v) is 2.99. The van der Waals surface area contributed by atoms with Crippen molar-refractivity contribution in [2.75, 3.05) is 4.90 Å². The summed E-state index contributed by atoms with van der Waals surface area (Å²) in [4.78, 5) is 13.6. The first-order valence-corrected chi connectivity index (χ1v) is 8.93. The summed E-state index contributed by atoms with van der Waals surface area (Å²) in [6, 6.07) is 25.0. The fourth-order valence-electron chi connectivity index (χ4n) is 2.99. The molecule has 3 aromatic rings. The summed E-state index contributed by atoms with van der Waals surface area (Å²) in [6.07, 6.45) is 3.16. The molecule has 0 aromatic heterocycles. The van der Waals surface area contributed by atoms with E-state index >= 15 is 0 Å². The molecule has 0 saturated carbocycles. The number of carbonyl (C=O) groups is 1. The van der Waals surface area contributed by atoms with Crippen molar-refractivity contribution in [3.8, 4) is 0 Å². The molecular formula is C24H22FNO. The Morgan fingerprint density at radius 3 is 1.96 bits per heavy atom. The summed E-state index contributed by atoms with van der Waals surface area (Å²) in [5.41, 5.74) is 3.91. The van der Waals surface area contributed by atoms with Crippen LogP contribution < -0.4 is 4.90 Å². The molecule has 0 saturated heterocycles. The third kappa shape index (κ3) is 5.38. The summed E-state index contributed by atoms with van der Waals surface area (Å²) >= 11 is 0. The maximum atomic E-state index is 13.9. The third-order valence-corrected chi connectivity index (χ3v) is 4.26. The third-order valence-electron chi connectivity index (χ3n) is 4.26. The van der Waals surface area contributed by atoms with Crippen LogP contribution in [-0.2, 0) is 17.9 Å². The molecule has 0 aliphatic heterocycles. The first-order valence-electron chi connectivity index (χ1n) is 8.93. The Labute approximate surface area is 159 Å². The van der Waals surface area contributed by atoms with Gasteiger partial charge in [-0.3, -0.25) is 4.79 Å². The van der Waals surface area contributed by atoms with Crippen molar-refractivity contribution in [3.05, 3.63) is 107 Å². The first kappa shape index (κ1) is 18.6. The minimum Gasteiger partial charge on any atom is -0.362 e. The second kappa shape index (κ2) is 8.95. The van der Waals surface area contributed by atoms with E-state index in [1.54, 1.807) is 12.1 Å². The van der Waals surface area contributed by atoms with Crippen LogP contribution in [0.25, 0.3) is 6.08 Å². The lowest BCUT2D eigenvalue weighted by molar-refractivity contribution is -0.112. The zero-order valence-corrected chi connectivity index (χ0v) is 15.3. The van der Waals surface area contributed by atoms with Crippen LogP contribution in [0.5, 0.6) is 0 Å². The minimum atomic E-state index is -0.318. The summed E-state index contributed by atoms with van der Waals surface area (Å²) < 4.78 is 13.9. The van der Waals surface area contributed by atoms with Crippen molar-refractivity contribution in [1.82, 2.24) is 0 Å². The predicted molar refractivity (Wildman–Crippen MR) is 109 cm³/mol. The highest BCUT2D eigenvalue weighted by molar-refractivity contribution is 5.92. The van der Waals surface area contributed by atoms with Gasteiger partial charge in [0.2, 0.25) is 0 Å². The molecule has 3 rings (SSSR count). The molecule has 0 bridgehead atoms. The summed E-state index contributed by atoms with van der Waals surface area (Å²) in [6.45, 7) is 2.85. The Kier molecular flexibility index (Phi) is 6.16. The Bertz CT molecular complexity index is 878. The van der Waals surface area contributed by atoms with E-state index in [2.05, 4.69) is 29.2 Å². The minimum absolute atomic E-state index is 0.0668. The van der Waals surface area contributed by atoms with Gasteiger partial charge in [0.05, 0.1) is 0 Å². The number of anilines is 1. The van der Waals surface area contributed by atoms with Gasteiger partial charge in [-0.15, -0.1) is 0 Å².